The Kier molecular flexibility index (Phi) is 3.16. The third-order valence-corrected chi connectivity index (χ3v) is 5.15. The van der Waals surface area contributed by atoms with E-state index in [1.54, 1.807) is 0 Å². The summed E-state index contributed by atoms with van der Waals surface area (Å²) in [5.74, 6) is 0. The lowest BCUT2D eigenvalue weighted by atomic mass is 10.0. The molecule has 1 nitrogen and oxygen atoms in total. The molecule has 0 saturated carbocycles. The third kappa shape index (κ3) is 2.60. The van der Waals surface area contributed by atoms with Crippen molar-refractivity contribution in [3.8, 4) is 0 Å². The first-order valence-corrected chi connectivity index (χ1v) is 9.23. The van der Waals surface area contributed by atoms with Gasteiger partial charge in [-0.15, -0.1) is 6.89 Å². The molecule has 0 aliphatic carbocycles. The number of benzene rings is 1. The number of nitrogens with zero attached hydrogens (tertiary/aromatic N) is 1. The van der Waals surface area contributed by atoms with Crippen LogP contribution in [0.15, 0.2) is 30.3 Å². The fourth-order valence-electron chi connectivity index (χ4n) is 2.19. The van der Waals surface area contributed by atoms with Gasteiger partial charge in [-0.25, -0.2) is 0 Å². The zero-order chi connectivity index (χ0) is 12.7. The molecule has 2 heteroatoms. The molecule has 1 aromatic rings. The van der Waals surface area contributed by atoms with E-state index in [9.17, 15) is 0 Å². The molecule has 0 bridgehead atoms. The molecule has 0 aromatic heterocycles. The molecule has 0 amide bonds. The summed E-state index contributed by atoms with van der Waals surface area (Å²) < 4.78 is 0. The van der Waals surface area contributed by atoms with E-state index in [2.05, 4.69) is 75.6 Å². The highest BCUT2D eigenvalue weighted by Gasteiger charge is 2.37. The molecule has 1 saturated heterocycles. The Bertz CT molecular complexity index is 445. The Morgan fingerprint density at radius 2 is 1.71 bits per heavy atom. The van der Waals surface area contributed by atoms with Crippen molar-refractivity contribution in [2.45, 2.75) is 25.8 Å². The zero-order valence-corrected chi connectivity index (χ0v) is 12.4. The van der Waals surface area contributed by atoms with Crippen molar-refractivity contribution in [2.75, 3.05) is 24.9 Å². The molecule has 2 rings (SSSR count). The molecule has 1 aliphatic rings. The topological polar surface area (TPSA) is 3.24 Å². The highest BCUT2D eigenvalue weighted by molar-refractivity contribution is 7.74. The van der Waals surface area contributed by atoms with Gasteiger partial charge in [0.2, 0.25) is 0 Å². The Hall–Kier alpha value is -0.680. The van der Waals surface area contributed by atoms with Crippen LogP contribution in [0.4, 0.5) is 5.69 Å². The summed E-state index contributed by atoms with van der Waals surface area (Å²) in [6, 6.07) is 10.6. The minimum atomic E-state index is -0.937. The van der Waals surface area contributed by atoms with Gasteiger partial charge in [0.05, 0.1) is 0 Å². The highest BCUT2D eigenvalue weighted by atomic mass is 31.2. The molecule has 92 valence electrons. The van der Waals surface area contributed by atoms with Crippen LogP contribution in [0.25, 0.3) is 0 Å². The van der Waals surface area contributed by atoms with Crippen LogP contribution in [0.3, 0.4) is 0 Å². The maximum absolute atomic E-state index is 3.64. The van der Waals surface area contributed by atoms with E-state index in [1.165, 1.54) is 11.0 Å². The van der Waals surface area contributed by atoms with Gasteiger partial charge in [-0.2, -0.15) is 0 Å². The first kappa shape index (κ1) is 12.8. The number of rotatable bonds is 1. The van der Waals surface area contributed by atoms with Gasteiger partial charge in [0.25, 0.3) is 0 Å². The molecule has 0 atom stereocenters. The summed E-state index contributed by atoms with van der Waals surface area (Å²) in [5, 5.41) is 1.52. The minimum absolute atomic E-state index is 0.157. The SMILES string of the molecule is CC1(C)CC(=P(C)(C)C)[C]N1c1ccccc1. The Labute approximate surface area is 106 Å². The van der Waals surface area contributed by atoms with Gasteiger partial charge in [0.15, 0.2) is 0 Å². The largest absolute Gasteiger partial charge is 0.351 e. The number of hydrogen-bond acceptors (Lipinski definition) is 1. The average molecular weight is 247 g/mol. The molecular weight excluding hydrogens is 225 g/mol. The van der Waals surface area contributed by atoms with E-state index >= 15 is 0 Å². The van der Waals surface area contributed by atoms with E-state index in [0.29, 0.717) is 0 Å². The lowest BCUT2D eigenvalue weighted by molar-refractivity contribution is 0.544. The molecule has 1 fully saturated rings. The predicted octanol–water partition coefficient (Wildman–Crippen LogP) is 3.79. The van der Waals surface area contributed by atoms with E-state index in [0.717, 1.165) is 6.42 Å². The van der Waals surface area contributed by atoms with E-state index < -0.39 is 6.89 Å². The second-order valence-electron chi connectivity index (χ2n) is 6.23. The van der Waals surface area contributed by atoms with Gasteiger partial charge in [-0.3, -0.25) is 0 Å². The van der Waals surface area contributed by atoms with Crippen molar-refractivity contribution in [3.63, 3.8) is 0 Å². The van der Waals surface area contributed by atoms with Crippen LogP contribution in [0.5, 0.6) is 0 Å². The van der Waals surface area contributed by atoms with Crippen LogP contribution in [-0.2, 0) is 0 Å². The summed E-state index contributed by atoms with van der Waals surface area (Å²) in [7, 11) is 0. The van der Waals surface area contributed by atoms with Crippen LogP contribution < -0.4 is 4.90 Å². The quantitative estimate of drug-likeness (QED) is 0.682. The molecule has 0 spiro atoms. The molecule has 1 heterocycles. The minimum Gasteiger partial charge on any atom is -0.351 e. The monoisotopic (exact) mass is 247 g/mol. The standard InChI is InChI=1S/C15H22NP/c1-15(2)11-14(17(3,4)5)12-16(15)13-9-7-6-8-10-13/h6-10H,11H2,1-5H3. The van der Waals surface area contributed by atoms with E-state index in [1.807, 2.05) is 0 Å². The first-order chi connectivity index (χ1) is 7.81. The first-order valence-electron chi connectivity index (χ1n) is 6.10. The van der Waals surface area contributed by atoms with Crippen molar-refractivity contribution < 1.29 is 0 Å². The van der Waals surface area contributed by atoms with Gasteiger partial charge in [0, 0.05) is 11.2 Å². The summed E-state index contributed by atoms with van der Waals surface area (Å²) in [6.45, 7) is 14.4. The van der Waals surface area contributed by atoms with E-state index in [-0.39, 0.29) is 5.54 Å². The number of hydrogen-bond donors (Lipinski definition) is 0. The lowest BCUT2D eigenvalue weighted by Crippen LogP contribution is -2.36. The lowest BCUT2D eigenvalue weighted by Gasteiger charge is -2.32. The Morgan fingerprint density at radius 3 is 2.18 bits per heavy atom. The fraction of sp³-hybridized carbons (Fsp3) is 0.467. The zero-order valence-electron chi connectivity index (χ0n) is 11.5. The summed E-state index contributed by atoms with van der Waals surface area (Å²) in [6.07, 6.45) is 1.14. The molecule has 0 unspecified atom stereocenters. The van der Waals surface area contributed by atoms with E-state index in [4.69, 9.17) is 0 Å². The van der Waals surface area contributed by atoms with Crippen molar-refractivity contribution in [3.05, 3.63) is 36.9 Å². The maximum atomic E-state index is 3.64. The van der Waals surface area contributed by atoms with Crippen molar-refractivity contribution in [2.24, 2.45) is 0 Å². The molecule has 2 radical (unpaired) electrons. The van der Waals surface area contributed by atoms with Crippen LogP contribution in [0.2, 0.25) is 0 Å². The van der Waals surface area contributed by atoms with Gasteiger partial charge >= 0.3 is 0 Å². The molecular formula is C15H22NP. The van der Waals surface area contributed by atoms with Crippen LogP contribution in [0.1, 0.15) is 20.3 Å². The molecule has 1 aromatic carbocycles. The third-order valence-electron chi connectivity index (χ3n) is 3.27. The normalized spacial score (nSPS) is 19.8. The van der Waals surface area contributed by atoms with Gasteiger partial charge < -0.3 is 4.90 Å². The smallest absolute Gasteiger partial charge is 0.122 e. The Balaban J connectivity index is 2.39. The van der Waals surface area contributed by atoms with Crippen LogP contribution in [-0.4, -0.2) is 30.8 Å². The van der Waals surface area contributed by atoms with Crippen LogP contribution in [0, 0.1) is 6.54 Å². The fourth-order valence-corrected chi connectivity index (χ4v) is 3.45. The number of anilines is 1. The van der Waals surface area contributed by atoms with Gasteiger partial charge in [-0.05, 0) is 57.7 Å². The molecule has 17 heavy (non-hydrogen) atoms. The van der Waals surface area contributed by atoms with Gasteiger partial charge in [-0.1, -0.05) is 18.2 Å². The summed E-state index contributed by atoms with van der Waals surface area (Å²) >= 11 is 0. The molecule has 1 aliphatic heterocycles. The Morgan fingerprint density at radius 1 is 1.12 bits per heavy atom. The van der Waals surface area contributed by atoms with Crippen molar-refractivity contribution in [1.82, 2.24) is 0 Å². The van der Waals surface area contributed by atoms with Gasteiger partial charge in [0.1, 0.15) is 6.54 Å². The summed E-state index contributed by atoms with van der Waals surface area (Å²) in [4.78, 5) is 2.31. The highest BCUT2D eigenvalue weighted by Crippen LogP contribution is 2.45. The second-order valence-corrected chi connectivity index (χ2v) is 10.8. The second kappa shape index (κ2) is 4.21. The van der Waals surface area contributed by atoms with Crippen molar-refractivity contribution in [1.29, 1.82) is 0 Å². The maximum Gasteiger partial charge on any atom is 0.122 e. The van der Waals surface area contributed by atoms with Crippen LogP contribution >= 0.6 is 6.89 Å². The average Bonchev–Trinajstić information content (AvgIpc) is 2.55. The summed E-state index contributed by atoms with van der Waals surface area (Å²) in [5.41, 5.74) is 1.41. The molecule has 0 N–H and O–H groups in total. The number of para-hydroxylation sites is 1. The van der Waals surface area contributed by atoms with Crippen molar-refractivity contribution >= 4 is 17.9 Å². The predicted molar refractivity (Wildman–Crippen MR) is 80.6 cm³/mol.